The Labute approximate surface area is 155 Å². The van der Waals surface area contributed by atoms with Crippen LogP contribution in [0.2, 0.25) is 0 Å². The van der Waals surface area contributed by atoms with E-state index < -0.39 is 27.6 Å². The molecular weight excluding hydrogens is 378 g/mol. The molecule has 1 N–H and O–H groups in total. The summed E-state index contributed by atoms with van der Waals surface area (Å²) in [5.41, 5.74) is 0.378. The number of carbonyl (C=O) groups is 1. The van der Waals surface area contributed by atoms with Crippen molar-refractivity contribution in [1.29, 1.82) is 0 Å². The zero-order valence-electron chi connectivity index (χ0n) is 14.5. The van der Waals surface area contributed by atoms with Crippen LogP contribution in [0.15, 0.2) is 41.3 Å². The van der Waals surface area contributed by atoms with Gasteiger partial charge in [-0.3, -0.25) is 4.79 Å². The molecule has 6 nitrogen and oxygen atoms in total. The van der Waals surface area contributed by atoms with Gasteiger partial charge in [0.1, 0.15) is 11.6 Å². The lowest BCUT2D eigenvalue weighted by molar-refractivity contribution is 0.0730. The predicted octanol–water partition coefficient (Wildman–Crippen LogP) is 2.55. The number of hydrogen-bond acceptors (Lipinski definition) is 4. The molecule has 3 rings (SSSR count). The zero-order valence-corrected chi connectivity index (χ0v) is 15.4. The predicted molar refractivity (Wildman–Crippen MR) is 95.1 cm³/mol. The normalized spacial score (nSPS) is 15.5. The fourth-order valence-electron chi connectivity index (χ4n) is 2.75. The number of morpholine rings is 1. The van der Waals surface area contributed by atoms with Crippen LogP contribution in [0.25, 0.3) is 0 Å². The molecule has 1 aliphatic heterocycles. The number of nitrogens with one attached hydrogen (secondary N) is 1. The first-order chi connectivity index (χ1) is 12.8. The van der Waals surface area contributed by atoms with Crippen LogP contribution in [0, 0.1) is 18.6 Å². The third-order valence-electron chi connectivity index (χ3n) is 4.21. The molecule has 9 heteroatoms. The molecule has 144 valence electrons. The molecule has 2 aromatic carbocycles. The van der Waals surface area contributed by atoms with E-state index in [0.29, 0.717) is 24.8 Å². The fourth-order valence-corrected chi connectivity index (χ4v) is 4.41. The second-order valence-corrected chi connectivity index (χ2v) is 7.98. The Morgan fingerprint density at radius 2 is 1.81 bits per heavy atom. The van der Waals surface area contributed by atoms with Crippen LogP contribution < -0.4 is 5.32 Å². The zero-order chi connectivity index (χ0) is 19.6. The Bertz CT molecular complexity index is 973. The van der Waals surface area contributed by atoms with Crippen molar-refractivity contribution in [2.75, 3.05) is 31.6 Å². The highest BCUT2D eigenvalue weighted by molar-refractivity contribution is 7.89. The molecule has 1 fully saturated rings. The molecular formula is C18H18F2N2O4S. The number of sulfonamides is 1. The number of benzene rings is 2. The van der Waals surface area contributed by atoms with Crippen molar-refractivity contribution in [3.63, 3.8) is 0 Å². The van der Waals surface area contributed by atoms with Crippen molar-refractivity contribution < 1.29 is 26.7 Å². The van der Waals surface area contributed by atoms with Gasteiger partial charge in [0.25, 0.3) is 5.91 Å². The summed E-state index contributed by atoms with van der Waals surface area (Å²) in [7, 11) is -3.75. The summed E-state index contributed by atoms with van der Waals surface area (Å²) in [5, 5.41) is 2.45. The van der Waals surface area contributed by atoms with Gasteiger partial charge < -0.3 is 10.1 Å². The summed E-state index contributed by atoms with van der Waals surface area (Å²) < 4.78 is 59.0. The molecule has 0 aliphatic carbocycles. The molecule has 0 spiro atoms. The molecule has 0 saturated carbocycles. The Kier molecular flexibility index (Phi) is 5.54. The summed E-state index contributed by atoms with van der Waals surface area (Å²) in [4.78, 5) is 12.3. The van der Waals surface area contributed by atoms with Crippen molar-refractivity contribution in [2.45, 2.75) is 11.8 Å². The Morgan fingerprint density at radius 1 is 1.11 bits per heavy atom. The van der Waals surface area contributed by atoms with Gasteiger partial charge in [0.05, 0.1) is 23.7 Å². The van der Waals surface area contributed by atoms with E-state index in [9.17, 15) is 22.0 Å². The van der Waals surface area contributed by atoms with Gasteiger partial charge in [0, 0.05) is 24.8 Å². The molecule has 1 saturated heterocycles. The first-order valence-corrected chi connectivity index (χ1v) is 9.68. The standard InChI is InChI=1S/C18H18F2N2O4S/c1-12-2-4-14(21-18(23)15-5-3-13(19)10-16(15)20)11-17(12)27(24,25)22-6-8-26-9-7-22/h2-5,10-11H,6-9H2,1H3,(H,21,23). The third kappa shape index (κ3) is 4.15. The number of nitrogens with zero attached hydrogens (tertiary/aromatic N) is 1. The SMILES string of the molecule is Cc1ccc(NC(=O)c2ccc(F)cc2F)cc1S(=O)(=O)N1CCOCC1. The van der Waals surface area contributed by atoms with Crippen molar-refractivity contribution in [1.82, 2.24) is 4.31 Å². The van der Waals surface area contributed by atoms with Gasteiger partial charge in [-0.25, -0.2) is 17.2 Å². The number of ether oxygens (including phenoxy) is 1. The second kappa shape index (κ2) is 7.71. The van der Waals surface area contributed by atoms with Crippen molar-refractivity contribution in [2.24, 2.45) is 0 Å². The number of carbonyl (C=O) groups excluding carboxylic acids is 1. The summed E-state index contributed by atoms with van der Waals surface area (Å²) in [5.74, 6) is -2.59. The molecule has 0 atom stereocenters. The van der Waals surface area contributed by atoms with Gasteiger partial charge in [-0.2, -0.15) is 4.31 Å². The minimum Gasteiger partial charge on any atom is -0.379 e. The fraction of sp³-hybridized carbons (Fsp3) is 0.278. The van der Waals surface area contributed by atoms with Gasteiger partial charge in [-0.05, 0) is 36.8 Å². The maximum atomic E-state index is 13.8. The second-order valence-electron chi connectivity index (χ2n) is 6.08. The van der Waals surface area contributed by atoms with Crippen molar-refractivity contribution in [3.8, 4) is 0 Å². The van der Waals surface area contributed by atoms with Gasteiger partial charge in [-0.1, -0.05) is 6.07 Å². The average Bonchev–Trinajstić information content (AvgIpc) is 2.63. The minimum absolute atomic E-state index is 0.0572. The number of aryl methyl sites for hydroxylation is 1. The number of halogens is 2. The largest absolute Gasteiger partial charge is 0.379 e. The lowest BCUT2D eigenvalue weighted by atomic mass is 10.1. The maximum absolute atomic E-state index is 13.8. The first-order valence-electron chi connectivity index (χ1n) is 8.24. The molecule has 0 unspecified atom stereocenters. The number of amides is 1. The maximum Gasteiger partial charge on any atom is 0.258 e. The van der Waals surface area contributed by atoms with Gasteiger partial charge in [0.2, 0.25) is 10.0 Å². The van der Waals surface area contributed by atoms with E-state index in [4.69, 9.17) is 4.74 Å². The van der Waals surface area contributed by atoms with Gasteiger partial charge in [0.15, 0.2) is 0 Å². The molecule has 1 amide bonds. The van der Waals surface area contributed by atoms with Crippen LogP contribution in [0.3, 0.4) is 0 Å². The topological polar surface area (TPSA) is 75.7 Å². The monoisotopic (exact) mass is 396 g/mol. The van der Waals surface area contributed by atoms with Gasteiger partial charge in [-0.15, -0.1) is 0 Å². The summed E-state index contributed by atoms with van der Waals surface area (Å²) in [6.45, 7) is 2.79. The smallest absolute Gasteiger partial charge is 0.258 e. The molecule has 0 aromatic heterocycles. The molecule has 2 aromatic rings. The summed E-state index contributed by atoms with van der Waals surface area (Å²) in [6, 6.07) is 7.02. The van der Waals surface area contributed by atoms with Gasteiger partial charge >= 0.3 is 0 Å². The van der Waals surface area contributed by atoms with Crippen LogP contribution in [-0.4, -0.2) is 44.9 Å². The molecule has 0 radical (unpaired) electrons. The highest BCUT2D eigenvalue weighted by Crippen LogP contribution is 2.25. The third-order valence-corrected chi connectivity index (χ3v) is 6.25. The number of anilines is 1. The minimum atomic E-state index is -3.75. The molecule has 1 aliphatic rings. The first kappa shape index (κ1) is 19.4. The van der Waals surface area contributed by atoms with Crippen molar-refractivity contribution >= 4 is 21.6 Å². The van der Waals surface area contributed by atoms with E-state index in [1.165, 1.54) is 16.4 Å². The number of rotatable bonds is 4. The van der Waals surface area contributed by atoms with Crippen molar-refractivity contribution in [3.05, 3.63) is 59.2 Å². The van der Waals surface area contributed by atoms with E-state index in [1.54, 1.807) is 13.0 Å². The number of hydrogen-bond donors (Lipinski definition) is 1. The van der Waals surface area contributed by atoms with E-state index in [-0.39, 0.29) is 29.2 Å². The van der Waals surface area contributed by atoms with Crippen LogP contribution >= 0.6 is 0 Å². The van der Waals surface area contributed by atoms with Crippen LogP contribution in [0.5, 0.6) is 0 Å². The summed E-state index contributed by atoms with van der Waals surface area (Å²) in [6.07, 6.45) is 0. The van der Waals surface area contributed by atoms with E-state index in [2.05, 4.69) is 5.32 Å². The lowest BCUT2D eigenvalue weighted by Gasteiger charge is -2.26. The molecule has 1 heterocycles. The lowest BCUT2D eigenvalue weighted by Crippen LogP contribution is -2.40. The highest BCUT2D eigenvalue weighted by Gasteiger charge is 2.28. The Hall–Kier alpha value is -2.36. The van der Waals surface area contributed by atoms with Crippen LogP contribution in [-0.2, 0) is 14.8 Å². The average molecular weight is 396 g/mol. The van der Waals surface area contributed by atoms with E-state index >= 15 is 0 Å². The van der Waals surface area contributed by atoms with E-state index in [1.807, 2.05) is 0 Å². The van der Waals surface area contributed by atoms with Crippen LogP contribution in [0.4, 0.5) is 14.5 Å². The molecule has 0 bridgehead atoms. The van der Waals surface area contributed by atoms with E-state index in [0.717, 1.165) is 12.1 Å². The quantitative estimate of drug-likeness (QED) is 0.862. The molecule has 27 heavy (non-hydrogen) atoms. The Morgan fingerprint density at radius 3 is 2.48 bits per heavy atom. The summed E-state index contributed by atoms with van der Waals surface area (Å²) >= 11 is 0. The van der Waals surface area contributed by atoms with Crippen LogP contribution in [0.1, 0.15) is 15.9 Å². The highest BCUT2D eigenvalue weighted by atomic mass is 32.2. The Balaban J connectivity index is 1.88.